The van der Waals surface area contributed by atoms with E-state index < -0.39 is 5.97 Å². The zero-order valence-corrected chi connectivity index (χ0v) is 19.6. The van der Waals surface area contributed by atoms with Gasteiger partial charge in [0.2, 0.25) is 5.91 Å². The van der Waals surface area contributed by atoms with Gasteiger partial charge in [0.1, 0.15) is 6.54 Å². The van der Waals surface area contributed by atoms with Crippen LogP contribution in [0.3, 0.4) is 0 Å². The van der Waals surface area contributed by atoms with E-state index in [1.165, 1.54) is 24.8 Å². The zero-order chi connectivity index (χ0) is 23.8. The van der Waals surface area contributed by atoms with Gasteiger partial charge in [-0.1, -0.05) is 37.5 Å². The maximum Gasteiger partial charge on any atom is 0.335 e. The Hall–Kier alpha value is -3.67. The Kier molecular flexibility index (Phi) is 5.82. The lowest BCUT2D eigenvalue weighted by atomic mass is 9.81. The standard InChI is InChI=1S/C28H29N3O3/c1-30(2)25(32)17-31-24-16-21(28(33)34)10-12-22(24)26(18-7-4-3-5-8-18)27(31)20-11-13-23-19(15-20)9-6-14-29-23/h6,9-16,18H,3-5,7-8,17H2,1-2H3,(H,33,34). The molecule has 2 aromatic heterocycles. The summed E-state index contributed by atoms with van der Waals surface area (Å²) >= 11 is 0. The number of carboxylic acids is 1. The summed E-state index contributed by atoms with van der Waals surface area (Å²) in [5.74, 6) is -0.620. The first-order chi connectivity index (χ1) is 16.4. The topological polar surface area (TPSA) is 75.4 Å². The number of pyridine rings is 1. The minimum Gasteiger partial charge on any atom is -0.478 e. The van der Waals surface area contributed by atoms with Crippen LogP contribution in [0.15, 0.2) is 54.7 Å². The van der Waals surface area contributed by atoms with Crippen LogP contribution in [0.5, 0.6) is 0 Å². The number of aromatic nitrogens is 2. The molecule has 34 heavy (non-hydrogen) atoms. The highest BCUT2D eigenvalue weighted by molar-refractivity contribution is 5.99. The summed E-state index contributed by atoms with van der Waals surface area (Å²) in [5, 5.41) is 11.8. The molecule has 0 unspecified atom stereocenters. The first-order valence-electron chi connectivity index (χ1n) is 11.9. The Balaban J connectivity index is 1.83. The molecule has 1 saturated carbocycles. The van der Waals surface area contributed by atoms with Gasteiger partial charge < -0.3 is 14.6 Å². The number of carbonyl (C=O) groups excluding carboxylic acids is 1. The molecule has 0 spiro atoms. The van der Waals surface area contributed by atoms with Crippen molar-refractivity contribution < 1.29 is 14.7 Å². The number of fused-ring (bicyclic) bond motifs is 2. The van der Waals surface area contributed by atoms with Crippen molar-refractivity contribution in [3.05, 3.63) is 65.9 Å². The molecule has 1 N–H and O–H groups in total. The van der Waals surface area contributed by atoms with E-state index >= 15 is 0 Å². The summed E-state index contributed by atoms with van der Waals surface area (Å²) in [6, 6.07) is 15.6. The molecule has 2 aromatic carbocycles. The fourth-order valence-corrected chi connectivity index (χ4v) is 5.29. The fraction of sp³-hybridized carbons (Fsp3) is 0.321. The van der Waals surface area contributed by atoms with Gasteiger partial charge >= 0.3 is 5.97 Å². The molecule has 6 heteroatoms. The minimum atomic E-state index is -0.967. The largest absolute Gasteiger partial charge is 0.478 e. The van der Waals surface area contributed by atoms with Crippen molar-refractivity contribution in [3.8, 4) is 11.3 Å². The highest BCUT2D eigenvalue weighted by Gasteiger charge is 2.28. The molecule has 174 valence electrons. The van der Waals surface area contributed by atoms with Gasteiger partial charge in [0, 0.05) is 31.1 Å². The third-order valence-electron chi connectivity index (χ3n) is 7.03. The molecule has 1 aliphatic rings. The second-order valence-corrected chi connectivity index (χ2v) is 9.42. The van der Waals surface area contributed by atoms with E-state index in [1.807, 2.05) is 28.8 Å². The molecule has 5 rings (SSSR count). The monoisotopic (exact) mass is 455 g/mol. The lowest BCUT2D eigenvalue weighted by molar-refractivity contribution is -0.129. The summed E-state index contributed by atoms with van der Waals surface area (Å²) < 4.78 is 2.03. The Morgan fingerprint density at radius 3 is 2.59 bits per heavy atom. The van der Waals surface area contributed by atoms with E-state index in [9.17, 15) is 14.7 Å². The normalized spacial score (nSPS) is 14.5. The van der Waals surface area contributed by atoms with Crippen molar-refractivity contribution in [2.24, 2.45) is 0 Å². The summed E-state index contributed by atoms with van der Waals surface area (Å²) in [7, 11) is 3.50. The predicted molar refractivity (Wildman–Crippen MR) is 134 cm³/mol. The van der Waals surface area contributed by atoms with Crippen molar-refractivity contribution in [2.45, 2.75) is 44.6 Å². The number of amides is 1. The van der Waals surface area contributed by atoms with Crippen LogP contribution in [0.2, 0.25) is 0 Å². The van der Waals surface area contributed by atoms with Crippen LogP contribution >= 0.6 is 0 Å². The van der Waals surface area contributed by atoms with Gasteiger partial charge in [0.25, 0.3) is 0 Å². The third kappa shape index (κ3) is 3.94. The van der Waals surface area contributed by atoms with Crippen molar-refractivity contribution in [2.75, 3.05) is 14.1 Å². The highest BCUT2D eigenvalue weighted by atomic mass is 16.4. The first kappa shape index (κ1) is 22.1. The van der Waals surface area contributed by atoms with E-state index in [1.54, 1.807) is 37.3 Å². The summed E-state index contributed by atoms with van der Waals surface area (Å²) in [4.78, 5) is 30.8. The van der Waals surface area contributed by atoms with Crippen molar-refractivity contribution in [1.82, 2.24) is 14.5 Å². The van der Waals surface area contributed by atoms with Gasteiger partial charge in [-0.3, -0.25) is 9.78 Å². The molecule has 0 radical (unpaired) electrons. The molecule has 2 heterocycles. The number of carbonyl (C=O) groups is 2. The van der Waals surface area contributed by atoms with Gasteiger partial charge in [0.15, 0.2) is 0 Å². The van der Waals surface area contributed by atoms with Crippen LogP contribution in [-0.2, 0) is 11.3 Å². The van der Waals surface area contributed by atoms with Gasteiger partial charge in [-0.25, -0.2) is 4.79 Å². The first-order valence-corrected chi connectivity index (χ1v) is 11.9. The summed E-state index contributed by atoms with van der Waals surface area (Å²) in [6.07, 6.45) is 7.60. The Morgan fingerprint density at radius 1 is 1.06 bits per heavy atom. The molecule has 0 bridgehead atoms. The smallest absolute Gasteiger partial charge is 0.335 e. The lowest BCUT2D eigenvalue weighted by Gasteiger charge is -2.24. The predicted octanol–water partition coefficient (Wildman–Crippen LogP) is 5.69. The SMILES string of the molecule is CN(C)C(=O)Cn1c(-c2ccc3ncccc3c2)c(C2CCCCC2)c2ccc(C(=O)O)cc21. The molecule has 1 amide bonds. The third-order valence-corrected chi connectivity index (χ3v) is 7.03. The molecule has 1 fully saturated rings. The van der Waals surface area contributed by atoms with Crippen LogP contribution in [0.4, 0.5) is 0 Å². The van der Waals surface area contributed by atoms with E-state index in [-0.39, 0.29) is 18.0 Å². The Labute approximate surface area is 198 Å². The maximum atomic E-state index is 12.9. The van der Waals surface area contributed by atoms with Crippen LogP contribution in [0.25, 0.3) is 33.1 Å². The lowest BCUT2D eigenvalue weighted by Crippen LogP contribution is -2.26. The van der Waals surface area contributed by atoms with Crippen molar-refractivity contribution in [3.63, 3.8) is 0 Å². The minimum absolute atomic E-state index is 0.0310. The number of rotatable bonds is 5. The van der Waals surface area contributed by atoms with Gasteiger partial charge in [-0.15, -0.1) is 0 Å². The highest BCUT2D eigenvalue weighted by Crippen LogP contribution is 2.44. The van der Waals surface area contributed by atoms with E-state index in [4.69, 9.17) is 0 Å². The molecule has 0 aliphatic heterocycles. The molecule has 0 saturated heterocycles. The van der Waals surface area contributed by atoms with Crippen LogP contribution in [0.1, 0.15) is 53.9 Å². The number of benzene rings is 2. The number of likely N-dealkylation sites (N-methyl/N-ethyl adjacent to an activating group) is 1. The Morgan fingerprint density at radius 2 is 1.85 bits per heavy atom. The van der Waals surface area contributed by atoms with E-state index in [0.29, 0.717) is 5.92 Å². The number of hydrogen-bond acceptors (Lipinski definition) is 3. The maximum absolute atomic E-state index is 12.9. The quantitative estimate of drug-likeness (QED) is 0.419. The molecular formula is C28H29N3O3. The number of nitrogens with zero attached hydrogens (tertiary/aromatic N) is 3. The second-order valence-electron chi connectivity index (χ2n) is 9.42. The second kappa shape index (κ2) is 8.93. The van der Waals surface area contributed by atoms with Gasteiger partial charge in [-0.05, 0) is 60.2 Å². The molecule has 1 aliphatic carbocycles. The van der Waals surface area contributed by atoms with Crippen molar-refractivity contribution >= 4 is 33.7 Å². The molecule has 4 aromatic rings. The average molecular weight is 456 g/mol. The number of carboxylic acid groups (broad SMARTS) is 1. The summed E-state index contributed by atoms with van der Waals surface area (Å²) in [5.41, 5.74) is 5.24. The summed E-state index contributed by atoms with van der Waals surface area (Å²) in [6.45, 7) is 0.152. The van der Waals surface area contributed by atoms with Crippen LogP contribution in [0, 0.1) is 0 Å². The van der Waals surface area contributed by atoms with Crippen LogP contribution in [-0.4, -0.2) is 45.5 Å². The molecular weight excluding hydrogens is 426 g/mol. The zero-order valence-electron chi connectivity index (χ0n) is 19.6. The van der Waals surface area contributed by atoms with Crippen LogP contribution < -0.4 is 0 Å². The fourth-order valence-electron chi connectivity index (χ4n) is 5.29. The Bertz CT molecular complexity index is 1400. The number of aromatic carboxylic acids is 1. The van der Waals surface area contributed by atoms with Crippen molar-refractivity contribution in [1.29, 1.82) is 0 Å². The molecule has 0 atom stereocenters. The van der Waals surface area contributed by atoms with E-state index in [2.05, 4.69) is 17.1 Å². The average Bonchev–Trinajstić information content (AvgIpc) is 3.17. The van der Waals surface area contributed by atoms with E-state index in [0.717, 1.165) is 45.9 Å². The number of hydrogen-bond donors (Lipinski definition) is 1. The van der Waals surface area contributed by atoms with Gasteiger partial charge in [0.05, 0.1) is 22.3 Å². The van der Waals surface area contributed by atoms with Gasteiger partial charge in [-0.2, -0.15) is 0 Å². The molecule has 6 nitrogen and oxygen atoms in total.